The summed E-state index contributed by atoms with van der Waals surface area (Å²) in [5.74, 6) is -0.485. The topological polar surface area (TPSA) is 149 Å². The van der Waals surface area contributed by atoms with Gasteiger partial charge in [-0.3, -0.25) is 9.59 Å². The second-order valence-electron chi connectivity index (χ2n) is 6.11. The molecule has 2 aromatic heterocycles. The minimum Gasteiger partial charge on any atom is -0.463 e. The molecule has 29 heavy (non-hydrogen) atoms. The molecule has 0 fully saturated rings. The summed E-state index contributed by atoms with van der Waals surface area (Å²) >= 11 is 3.36. The molecule has 0 saturated heterocycles. The summed E-state index contributed by atoms with van der Waals surface area (Å²) in [6, 6.07) is 7.01. The lowest BCUT2D eigenvalue weighted by Crippen LogP contribution is -2.19. The first-order valence-corrected chi connectivity index (χ1v) is 9.50. The van der Waals surface area contributed by atoms with E-state index in [0.29, 0.717) is 28.1 Å². The van der Waals surface area contributed by atoms with Crippen LogP contribution in [0.2, 0.25) is 0 Å². The number of aliphatic hydroxyl groups excluding tert-OH is 1. The number of rotatable bonds is 8. The molecule has 0 radical (unpaired) electrons. The summed E-state index contributed by atoms with van der Waals surface area (Å²) in [7, 11) is 0. The number of aliphatic hydroxyl groups is 1. The highest BCUT2D eigenvalue weighted by Gasteiger charge is 2.24. The number of esters is 1. The third kappa shape index (κ3) is 4.58. The average molecular weight is 463 g/mol. The summed E-state index contributed by atoms with van der Waals surface area (Å²) in [4.78, 5) is 28.4. The maximum Gasteiger partial charge on any atom is 0.319 e. The number of hydrogen-bond donors (Lipinski definition) is 3. The Morgan fingerprint density at radius 2 is 2.17 bits per heavy atom. The van der Waals surface area contributed by atoms with Gasteiger partial charge in [0.2, 0.25) is 5.82 Å². The van der Waals surface area contributed by atoms with E-state index in [1.165, 1.54) is 4.80 Å². The van der Waals surface area contributed by atoms with Gasteiger partial charge in [0.15, 0.2) is 5.78 Å². The van der Waals surface area contributed by atoms with Gasteiger partial charge in [-0.25, -0.2) is 0 Å². The van der Waals surface area contributed by atoms with E-state index < -0.39 is 5.97 Å². The van der Waals surface area contributed by atoms with E-state index in [2.05, 4.69) is 36.3 Å². The fraction of sp³-hybridized carbons (Fsp3) is 0.278. The predicted molar refractivity (Wildman–Crippen MR) is 106 cm³/mol. The van der Waals surface area contributed by atoms with E-state index in [4.69, 9.17) is 10.5 Å². The van der Waals surface area contributed by atoms with Crippen molar-refractivity contribution in [3.63, 3.8) is 0 Å². The highest BCUT2D eigenvalue weighted by atomic mass is 79.9. The number of halogens is 1. The molecule has 2 heterocycles. The molecule has 10 nitrogen and oxygen atoms in total. The van der Waals surface area contributed by atoms with Crippen LogP contribution >= 0.6 is 15.9 Å². The number of carbonyl (C=O) groups excluding carboxylic acids is 2. The molecule has 0 aliphatic heterocycles. The van der Waals surface area contributed by atoms with Gasteiger partial charge in [0.25, 0.3) is 0 Å². The van der Waals surface area contributed by atoms with E-state index in [1.54, 1.807) is 25.1 Å². The highest BCUT2D eigenvalue weighted by molar-refractivity contribution is 9.10. The molecule has 0 atom stereocenters. The monoisotopic (exact) mass is 462 g/mol. The molecule has 0 bridgehead atoms. The van der Waals surface area contributed by atoms with Crippen molar-refractivity contribution < 1.29 is 19.4 Å². The first-order valence-electron chi connectivity index (χ1n) is 8.71. The van der Waals surface area contributed by atoms with E-state index in [0.717, 1.165) is 4.47 Å². The third-order valence-electron chi connectivity index (χ3n) is 4.20. The molecule has 3 rings (SSSR count). The van der Waals surface area contributed by atoms with Crippen LogP contribution < -0.4 is 5.73 Å². The van der Waals surface area contributed by atoms with Crippen molar-refractivity contribution in [2.75, 3.05) is 13.2 Å². The summed E-state index contributed by atoms with van der Waals surface area (Å²) in [5.41, 5.74) is 7.49. The van der Waals surface area contributed by atoms with Crippen LogP contribution in [0.3, 0.4) is 0 Å². The van der Waals surface area contributed by atoms with E-state index in [9.17, 15) is 14.7 Å². The number of nitrogens with one attached hydrogen (secondary N) is 1. The van der Waals surface area contributed by atoms with Gasteiger partial charge in [0.05, 0.1) is 31.1 Å². The molecule has 0 unspecified atom stereocenters. The standard InChI is InChI=1S/C18H19BrN6O4/c1-10-15(17(28)11-3-2-4-12(19)7-11)13(9-26)21-16(10)18-22-24-25(23-18)5-6-29-14(27)8-20/h2-4,7,21,26H,5-6,8-9,20H2,1H3. The van der Waals surface area contributed by atoms with Crippen LogP contribution in [0.15, 0.2) is 28.7 Å². The normalized spacial score (nSPS) is 10.9. The zero-order valence-corrected chi connectivity index (χ0v) is 17.1. The second kappa shape index (κ2) is 9.07. The quantitative estimate of drug-likeness (QED) is 0.331. The van der Waals surface area contributed by atoms with Gasteiger partial charge in [-0.05, 0) is 29.8 Å². The van der Waals surface area contributed by atoms with Gasteiger partial charge >= 0.3 is 5.97 Å². The number of benzene rings is 1. The lowest BCUT2D eigenvalue weighted by Gasteiger charge is -2.04. The van der Waals surface area contributed by atoms with Crippen molar-refractivity contribution in [2.45, 2.75) is 20.1 Å². The maximum atomic E-state index is 13.0. The third-order valence-corrected chi connectivity index (χ3v) is 4.69. The van der Waals surface area contributed by atoms with Crippen molar-refractivity contribution in [1.29, 1.82) is 0 Å². The average Bonchev–Trinajstić information content (AvgIpc) is 3.31. The summed E-state index contributed by atoms with van der Waals surface area (Å²) in [6.45, 7) is 1.47. The Labute approximate surface area is 174 Å². The van der Waals surface area contributed by atoms with Crippen molar-refractivity contribution in [3.8, 4) is 11.5 Å². The van der Waals surface area contributed by atoms with Gasteiger partial charge in [-0.2, -0.15) is 4.80 Å². The Morgan fingerprint density at radius 3 is 2.86 bits per heavy atom. The van der Waals surface area contributed by atoms with Crippen LogP contribution in [0.25, 0.3) is 11.5 Å². The molecule has 0 saturated carbocycles. The number of tetrazole rings is 1. The van der Waals surface area contributed by atoms with Crippen LogP contribution in [-0.2, 0) is 22.7 Å². The minimum atomic E-state index is -0.520. The number of H-pyrrole nitrogens is 1. The number of nitrogens with zero attached hydrogens (tertiary/aromatic N) is 4. The first-order chi connectivity index (χ1) is 13.9. The lowest BCUT2D eigenvalue weighted by molar-refractivity contribution is -0.142. The Bertz CT molecular complexity index is 1040. The number of aromatic amines is 1. The fourth-order valence-electron chi connectivity index (χ4n) is 2.82. The largest absolute Gasteiger partial charge is 0.463 e. The zero-order valence-electron chi connectivity index (χ0n) is 15.6. The Kier molecular flexibility index (Phi) is 6.52. The molecule has 152 valence electrons. The van der Waals surface area contributed by atoms with Gasteiger partial charge < -0.3 is 20.6 Å². The van der Waals surface area contributed by atoms with E-state index >= 15 is 0 Å². The van der Waals surface area contributed by atoms with Gasteiger partial charge in [-0.15, -0.1) is 10.2 Å². The predicted octanol–water partition coefficient (Wildman–Crippen LogP) is 0.964. The summed E-state index contributed by atoms with van der Waals surface area (Å²) in [6.07, 6.45) is 0. The molecular formula is C18H19BrN6O4. The summed E-state index contributed by atoms with van der Waals surface area (Å²) < 4.78 is 5.66. The Balaban J connectivity index is 1.87. The molecule has 0 aliphatic carbocycles. The fourth-order valence-corrected chi connectivity index (χ4v) is 3.22. The number of aromatic nitrogens is 5. The van der Waals surface area contributed by atoms with Gasteiger partial charge in [-0.1, -0.05) is 28.1 Å². The van der Waals surface area contributed by atoms with Gasteiger partial charge in [0, 0.05) is 15.6 Å². The van der Waals surface area contributed by atoms with Crippen LogP contribution in [0.4, 0.5) is 0 Å². The van der Waals surface area contributed by atoms with Crippen LogP contribution in [-0.4, -0.2) is 55.2 Å². The number of ketones is 1. The number of hydrogen-bond acceptors (Lipinski definition) is 8. The SMILES string of the molecule is Cc1c(-c2nnn(CCOC(=O)CN)n2)[nH]c(CO)c1C(=O)c1cccc(Br)c1. The minimum absolute atomic E-state index is 0.0596. The molecule has 0 spiro atoms. The molecule has 4 N–H and O–H groups in total. The van der Waals surface area contributed by atoms with Crippen LogP contribution in [0.5, 0.6) is 0 Å². The first kappa shape index (κ1) is 20.8. The lowest BCUT2D eigenvalue weighted by atomic mass is 9.99. The second-order valence-corrected chi connectivity index (χ2v) is 7.03. The van der Waals surface area contributed by atoms with Crippen LogP contribution in [0, 0.1) is 6.92 Å². The van der Waals surface area contributed by atoms with Crippen molar-refractivity contribution in [1.82, 2.24) is 25.2 Å². The Hall–Kier alpha value is -2.89. The molecule has 0 aliphatic rings. The summed E-state index contributed by atoms with van der Waals surface area (Å²) in [5, 5.41) is 21.9. The van der Waals surface area contributed by atoms with Crippen molar-refractivity contribution in [2.24, 2.45) is 5.73 Å². The number of nitrogens with two attached hydrogens (primary N) is 1. The molecule has 0 amide bonds. The van der Waals surface area contributed by atoms with E-state index in [-0.39, 0.29) is 37.9 Å². The van der Waals surface area contributed by atoms with Crippen molar-refractivity contribution in [3.05, 3.63) is 51.1 Å². The Morgan fingerprint density at radius 1 is 1.38 bits per heavy atom. The molecule has 11 heteroatoms. The van der Waals surface area contributed by atoms with Crippen LogP contribution in [0.1, 0.15) is 27.2 Å². The van der Waals surface area contributed by atoms with E-state index in [1.807, 2.05) is 6.07 Å². The molecule has 3 aromatic rings. The zero-order chi connectivity index (χ0) is 21.0. The molecule has 1 aromatic carbocycles. The number of carbonyl (C=O) groups is 2. The highest BCUT2D eigenvalue weighted by Crippen LogP contribution is 2.28. The maximum absolute atomic E-state index is 13.0. The van der Waals surface area contributed by atoms with Gasteiger partial charge in [0.1, 0.15) is 6.61 Å². The molecular weight excluding hydrogens is 444 g/mol. The number of ether oxygens (including phenoxy) is 1. The van der Waals surface area contributed by atoms with Crippen molar-refractivity contribution >= 4 is 27.7 Å². The smallest absolute Gasteiger partial charge is 0.319 e.